The van der Waals surface area contributed by atoms with Crippen molar-refractivity contribution in [3.63, 3.8) is 0 Å². The quantitative estimate of drug-likeness (QED) is 0.615. The highest BCUT2D eigenvalue weighted by atomic mass is 32.1. The van der Waals surface area contributed by atoms with E-state index >= 15 is 0 Å². The molecule has 1 amide bonds. The van der Waals surface area contributed by atoms with Gasteiger partial charge >= 0.3 is 0 Å². The largest absolute Gasteiger partial charge is 0.333 e. The lowest BCUT2D eigenvalue weighted by molar-refractivity contribution is -1.01. The third-order valence-corrected chi connectivity index (χ3v) is 5.98. The number of carbonyl (C=O) groups excluding carboxylic acids is 1. The van der Waals surface area contributed by atoms with Crippen LogP contribution in [0.3, 0.4) is 0 Å². The van der Waals surface area contributed by atoms with Gasteiger partial charge in [-0.3, -0.25) is 4.79 Å². The molecule has 3 rings (SSSR count). The predicted molar refractivity (Wildman–Crippen MR) is 89.2 cm³/mol. The molecule has 1 saturated carbocycles. The van der Waals surface area contributed by atoms with Crippen molar-refractivity contribution in [1.29, 1.82) is 5.26 Å². The molecule has 5 nitrogen and oxygen atoms in total. The molecule has 23 heavy (non-hydrogen) atoms. The Morgan fingerprint density at radius 2 is 2.09 bits per heavy atom. The SMILES string of the molecule is C[C@@](C#N)(NC(=O)C[NH+]1CC[NH+](Cc2cccs2)CC1)C1CC1. The molecule has 0 radical (unpaired) electrons. The van der Waals surface area contributed by atoms with Crippen LogP contribution >= 0.6 is 11.3 Å². The van der Waals surface area contributed by atoms with Crippen LogP contribution in [0.25, 0.3) is 0 Å². The highest BCUT2D eigenvalue weighted by Crippen LogP contribution is 2.39. The van der Waals surface area contributed by atoms with E-state index in [0.717, 1.165) is 45.6 Å². The van der Waals surface area contributed by atoms with Crippen LogP contribution in [0.4, 0.5) is 0 Å². The second kappa shape index (κ2) is 7.00. The van der Waals surface area contributed by atoms with E-state index in [-0.39, 0.29) is 5.91 Å². The Balaban J connectivity index is 1.41. The lowest BCUT2D eigenvalue weighted by Crippen LogP contribution is -3.28. The zero-order chi connectivity index (χ0) is 16.3. The van der Waals surface area contributed by atoms with E-state index in [4.69, 9.17) is 0 Å². The number of nitriles is 1. The molecule has 0 bridgehead atoms. The van der Waals surface area contributed by atoms with E-state index in [9.17, 15) is 10.1 Å². The second-order valence-corrected chi connectivity index (χ2v) is 8.10. The van der Waals surface area contributed by atoms with Crippen LogP contribution in [0, 0.1) is 17.2 Å². The van der Waals surface area contributed by atoms with Crippen molar-refractivity contribution in [3.05, 3.63) is 22.4 Å². The van der Waals surface area contributed by atoms with Gasteiger partial charge < -0.3 is 15.1 Å². The summed E-state index contributed by atoms with van der Waals surface area (Å²) in [7, 11) is 0. The third-order valence-electron chi connectivity index (χ3n) is 5.10. The average Bonchev–Trinajstić information content (AvgIpc) is 3.28. The Labute approximate surface area is 141 Å². The monoisotopic (exact) mass is 334 g/mol. The number of nitrogens with zero attached hydrogens (tertiary/aromatic N) is 1. The zero-order valence-corrected chi connectivity index (χ0v) is 14.5. The number of piperazine rings is 1. The first kappa shape index (κ1) is 16.4. The lowest BCUT2D eigenvalue weighted by Gasteiger charge is -2.30. The molecular formula is C17H26N4OS+2. The summed E-state index contributed by atoms with van der Waals surface area (Å²) >= 11 is 1.82. The second-order valence-electron chi connectivity index (χ2n) is 7.07. The van der Waals surface area contributed by atoms with E-state index in [0.29, 0.717) is 12.5 Å². The summed E-state index contributed by atoms with van der Waals surface area (Å²) in [5.74, 6) is 0.371. The van der Waals surface area contributed by atoms with Crippen molar-refractivity contribution in [1.82, 2.24) is 5.32 Å². The van der Waals surface area contributed by atoms with Crippen LogP contribution < -0.4 is 15.1 Å². The number of amides is 1. The van der Waals surface area contributed by atoms with Gasteiger partial charge in [0.25, 0.3) is 5.91 Å². The Morgan fingerprint density at radius 1 is 1.39 bits per heavy atom. The maximum Gasteiger partial charge on any atom is 0.276 e. The van der Waals surface area contributed by atoms with Crippen molar-refractivity contribution in [2.24, 2.45) is 5.92 Å². The van der Waals surface area contributed by atoms with Gasteiger partial charge in [0.1, 0.15) is 38.3 Å². The summed E-state index contributed by atoms with van der Waals surface area (Å²) in [4.78, 5) is 16.7. The Bertz CT molecular complexity index is 570. The standard InChI is InChI=1S/C17H24N4OS/c1-17(13-18,14-4-5-14)19-16(22)12-21-8-6-20(7-9-21)11-15-3-2-10-23-15/h2-3,10,14H,4-9,11-12H2,1H3,(H,19,22)/p+2/t17-/m0/s1. The summed E-state index contributed by atoms with van der Waals surface area (Å²) in [6.07, 6.45) is 2.11. The summed E-state index contributed by atoms with van der Waals surface area (Å²) < 4.78 is 0. The number of hydrogen-bond acceptors (Lipinski definition) is 3. The van der Waals surface area contributed by atoms with E-state index in [1.807, 2.05) is 18.3 Å². The van der Waals surface area contributed by atoms with Gasteiger partial charge in [0, 0.05) is 0 Å². The molecule has 1 aromatic heterocycles. The van der Waals surface area contributed by atoms with Gasteiger partial charge in [0.2, 0.25) is 0 Å². The topological polar surface area (TPSA) is 61.8 Å². The molecule has 0 unspecified atom stereocenters. The first-order valence-electron chi connectivity index (χ1n) is 8.51. The molecule has 3 N–H and O–H groups in total. The molecule has 1 aliphatic carbocycles. The molecule has 0 spiro atoms. The molecule has 6 heteroatoms. The Hall–Kier alpha value is -1.42. The highest BCUT2D eigenvalue weighted by Gasteiger charge is 2.43. The van der Waals surface area contributed by atoms with Crippen LogP contribution in [0.2, 0.25) is 0 Å². The average molecular weight is 334 g/mol. The summed E-state index contributed by atoms with van der Waals surface area (Å²) in [6, 6.07) is 6.60. The molecule has 1 aromatic rings. The summed E-state index contributed by atoms with van der Waals surface area (Å²) in [6.45, 7) is 7.74. The number of rotatable bonds is 6. The van der Waals surface area contributed by atoms with Gasteiger partial charge in [-0.15, -0.1) is 11.3 Å². The van der Waals surface area contributed by atoms with E-state index in [1.165, 1.54) is 9.78 Å². The van der Waals surface area contributed by atoms with Crippen LogP contribution in [0.5, 0.6) is 0 Å². The van der Waals surface area contributed by atoms with Crippen LogP contribution in [-0.4, -0.2) is 44.2 Å². The van der Waals surface area contributed by atoms with Crippen molar-refractivity contribution in [3.8, 4) is 6.07 Å². The van der Waals surface area contributed by atoms with E-state index < -0.39 is 5.54 Å². The maximum atomic E-state index is 12.3. The van der Waals surface area contributed by atoms with Crippen LogP contribution in [0.15, 0.2) is 17.5 Å². The number of carbonyl (C=O) groups is 1. The van der Waals surface area contributed by atoms with Crippen molar-refractivity contribution in [2.45, 2.75) is 31.8 Å². The minimum Gasteiger partial charge on any atom is -0.333 e. The Kier molecular flexibility index (Phi) is 5.00. The van der Waals surface area contributed by atoms with Gasteiger partial charge in [0.15, 0.2) is 6.54 Å². The predicted octanol–water partition coefficient (Wildman–Crippen LogP) is -1.16. The van der Waals surface area contributed by atoms with Crippen molar-refractivity contribution >= 4 is 17.2 Å². The van der Waals surface area contributed by atoms with Crippen molar-refractivity contribution in [2.75, 3.05) is 32.7 Å². The Morgan fingerprint density at radius 3 is 2.65 bits per heavy atom. The fourth-order valence-corrected chi connectivity index (χ4v) is 4.19. The molecule has 2 aliphatic rings. The van der Waals surface area contributed by atoms with Crippen LogP contribution in [-0.2, 0) is 11.3 Å². The number of nitrogens with one attached hydrogen (secondary N) is 3. The van der Waals surface area contributed by atoms with Gasteiger partial charge in [-0.05, 0) is 37.1 Å². The maximum absolute atomic E-state index is 12.3. The van der Waals surface area contributed by atoms with Gasteiger partial charge in [0.05, 0.1) is 10.9 Å². The van der Waals surface area contributed by atoms with Gasteiger partial charge in [-0.25, -0.2) is 0 Å². The van der Waals surface area contributed by atoms with Crippen LogP contribution in [0.1, 0.15) is 24.6 Å². The zero-order valence-electron chi connectivity index (χ0n) is 13.7. The minimum atomic E-state index is -0.664. The molecule has 1 aliphatic heterocycles. The fourth-order valence-electron chi connectivity index (χ4n) is 3.41. The normalized spacial score (nSPS) is 27.0. The molecule has 1 saturated heterocycles. The smallest absolute Gasteiger partial charge is 0.276 e. The summed E-state index contributed by atoms with van der Waals surface area (Å²) in [5, 5.41) is 14.4. The first-order valence-corrected chi connectivity index (χ1v) is 9.39. The number of thiophene rings is 1. The third kappa shape index (κ3) is 4.31. The molecule has 124 valence electrons. The molecule has 0 aromatic carbocycles. The molecule has 2 heterocycles. The number of quaternary nitrogens is 2. The highest BCUT2D eigenvalue weighted by molar-refractivity contribution is 7.09. The lowest BCUT2D eigenvalue weighted by atomic mass is 9.98. The van der Waals surface area contributed by atoms with Gasteiger partial charge in [-0.1, -0.05) is 6.07 Å². The molecule has 1 atom stereocenters. The summed E-state index contributed by atoms with van der Waals surface area (Å²) in [5.41, 5.74) is -0.664. The van der Waals surface area contributed by atoms with Crippen molar-refractivity contribution < 1.29 is 14.6 Å². The van der Waals surface area contributed by atoms with Gasteiger partial charge in [-0.2, -0.15) is 5.26 Å². The first-order chi connectivity index (χ1) is 11.1. The number of hydrogen-bond donors (Lipinski definition) is 3. The minimum absolute atomic E-state index is 0.0256. The fraction of sp³-hybridized carbons (Fsp3) is 0.647. The molecular weight excluding hydrogens is 308 g/mol. The van der Waals surface area contributed by atoms with E-state index in [2.05, 4.69) is 28.9 Å². The molecule has 2 fully saturated rings. The van der Waals surface area contributed by atoms with E-state index in [1.54, 1.807) is 4.90 Å².